The molecule has 0 amide bonds. The zero-order chi connectivity index (χ0) is 15.7. The van der Waals surface area contributed by atoms with Gasteiger partial charge >= 0.3 is 5.97 Å². The Morgan fingerprint density at radius 1 is 1.27 bits per heavy atom. The maximum Gasteiger partial charge on any atom is 0.314 e. The lowest BCUT2D eigenvalue weighted by molar-refractivity contribution is -0.145. The maximum atomic E-state index is 12.1. The van der Waals surface area contributed by atoms with Gasteiger partial charge in [-0.1, -0.05) is 30.9 Å². The van der Waals surface area contributed by atoms with Crippen molar-refractivity contribution < 1.29 is 19.4 Å². The largest absolute Gasteiger partial charge is 0.493 e. The number of carbonyl (C=O) groups is 1. The molecule has 1 aromatic carbocycles. The van der Waals surface area contributed by atoms with Gasteiger partial charge in [0, 0.05) is 16.7 Å². The first-order valence-electron chi connectivity index (χ1n) is 7.85. The molecule has 3 rings (SSSR count). The molecular weight excluding hydrogens is 304 g/mol. The third-order valence-corrected chi connectivity index (χ3v) is 4.90. The van der Waals surface area contributed by atoms with E-state index in [9.17, 15) is 9.90 Å². The normalized spacial score (nSPS) is 20.5. The van der Waals surface area contributed by atoms with E-state index in [1.54, 1.807) is 19.2 Å². The Morgan fingerprint density at radius 3 is 2.50 bits per heavy atom. The van der Waals surface area contributed by atoms with Crippen LogP contribution in [0.3, 0.4) is 0 Å². The van der Waals surface area contributed by atoms with Crippen LogP contribution in [0.2, 0.25) is 5.02 Å². The number of halogens is 1. The van der Waals surface area contributed by atoms with Gasteiger partial charge in [0.05, 0.1) is 18.6 Å². The summed E-state index contributed by atoms with van der Waals surface area (Å²) in [6, 6.07) is 3.45. The van der Waals surface area contributed by atoms with E-state index in [0.717, 1.165) is 32.1 Å². The molecular formula is C17H21ClO4. The van der Waals surface area contributed by atoms with E-state index in [2.05, 4.69) is 0 Å². The second kappa shape index (κ2) is 5.99. The highest BCUT2D eigenvalue weighted by molar-refractivity contribution is 6.31. The van der Waals surface area contributed by atoms with Crippen molar-refractivity contribution in [3.8, 4) is 11.5 Å². The Hall–Kier alpha value is -1.42. The van der Waals surface area contributed by atoms with Gasteiger partial charge < -0.3 is 14.6 Å². The summed E-state index contributed by atoms with van der Waals surface area (Å²) >= 11 is 6.21. The summed E-state index contributed by atoms with van der Waals surface area (Å²) < 4.78 is 11.4. The minimum Gasteiger partial charge on any atom is -0.493 e. The summed E-state index contributed by atoms with van der Waals surface area (Å²) in [5.74, 6) is 0.302. The summed E-state index contributed by atoms with van der Waals surface area (Å²) in [4.78, 5) is 12.1. The molecule has 0 heterocycles. The van der Waals surface area contributed by atoms with E-state index < -0.39 is 11.4 Å². The van der Waals surface area contributed by atoms with Gasteiger partial charge in [-0.05, 0) is 31.7 Å². The lowest BCUT2D eigenvalue weighted by atomic mass is 9.69. The van der Waals surface area contributed by atoms with E-state index >= 15 is 0 Å². The maximum absolute atomic E-state index is 12.1. The summed E-state index contributed by atoms with van der Waals surface area (Å²) in [6.45, 7) is 0. The molecule has 2 aliphatic rings. The van der Waals surface area contributed by atoms with Crippen LogP contribution < -0.4 is 9.47 Å². The first-order chi connectivity index (χ1) is 10.6. The Bertz CT molecular complexity index is 574. The standard InChI is InChI=1S/C17H21ClO4/c1-21-14-10-11(18)9-13(15(14)22-12-5-6-12)17(16(19)20)7-3-2-4-8-17/h9-10,12H,2-8H2,1H3,(H,19,20). The first kappa shape index (κ1) is 15.5. The lowest BCUT2D eigenvalue weighted by Gasteiger charge is -2.35. The molecule has 0 atom stereocenters. The summed E-state index contributed by atoms with van der Waals surface area (Å²) in [7, 11) is 1.56. The molecule has 2 fully saturated rings. The second-order valence-corrected chi connectivity index (χ2v) is 6.69. The van der Waals surface area contributed by atoms with Crippen LogP contribution in [0.15, 0.2) is 12.1 Å². The lowest BCUT2D eigenvalue weighted by Crippen LogP contribution is -2.38. The summed E-state index contributed by atoms with van der Waals surface area (Å²) in [5, 5.41) is 10.4. The molecule has 0 radical (unpaired) electrons. The minimum atomic E-state index is -0.916. The van der Waals surface area contributed by atoms with Crippen LogP contribution >= 0.6 is 11.6 Å². The van der Waals surface area contributed by atoms with Gasteiger partial charge in [0.25, 0.3) is 0 Å². The van der Waals surface area contributed by atoms with Crippen molar-refractivity contribution in [1.82, 2.24) is 0 Å². The fraction of sp³-hybridized carbons (Fsp3) is 0.588. The third kappa shape index (κ3) is 2.76. The molecule has 120 valence electrons. The molecule has 4 nitrogen and oxygen atoms in total. The van der Waals surface area contributed by atoms with Crippen LogP contribution in [0, 0.1) is 0 Å². The molecule has 2 aliphatic carbocycles. The number of hydrogen-bond acceptors (Lipinski definition) is 3. The van der Waals surface area contributed by atoms with Gasteiger partial charge in [-0.25, -0.2) is 0 Å². The topological polar surface area (TPSA) is 55.8 Å². The molecule has 0 unspecified atom stereocenters. The molecule has 0 aliphatic heterocycles. The minimum absolute atomic E-state index is 0.170. The number of methoxy groups -OCH3 is 1. The number of benzene rings is 1. The van der Waals surface area contributed by atoms with Crippen LogP contribution in [-0.4, -0.2) is 24.3 Å². The first-order valence-corrected chi connectivity index (χ1v) is 8.23. The smallest absolute Gasteiger partial charge is 0.314 e. The van der Waals surface area contributed by atoms with Crippen LogP contribution in [0.5, 0.6) is 11.5 Å². The number of ether oxygens (including phenoxy) is 2. The van der Waals surface area contributed by atoms with Gasteiger partial charge in [-0.15, -0.1) is 0 Å². The van der Waals surface area contributed by atoms with Gasteiger partial charge in [0.2, 0.25) is 0 Å². The monoisotopic (exact) mass is 324 g/mol. The van der Waals surface area contributed by atoms with E-state index in [1.165, 1.54) is 0 Å². The van der Waals surface area contributed by atoms with Gasteiger partial charge in [0.15, 0.2) is 11.5 Å². The molecule has 5 heteroatoms. The Morgan fingerprint density at radius 2 is 1.95 bits per heavy atom. The van der Waals surface area contributed by atoms with Crippen LogP contribution in [0.25, 0.3) is 0 Å². The Kier molecular flexibility index (Phi) is 4.22. The Balaban J connectivity index is 2.13. The highest BCUT2D eigenvalue weighted by atomic mass is 35.5. The highest BCUT2D eigenvalue weighted by Crippen LogP contribution is 2.49. The van der Waals surface area contributed by atoms with Crippen LogP contribution in [0.4, 0.5) is 0 Å². The number of carboxylic acid groups (broad SMARTS) is 1. The number of aliphatic carboxylic acids is 1. The number of carboxylic acids is 1. The zero-order valence-corrected chi connectivity index (χ0v) is 13.5. The summed E-state index contributed by atoms with van der Waals surface area (Å²) in [6.07, 6.45) is 6.30. The molecule has 22 heavy (non-hydrogen) atoms. The predicted molar refractivity (Wildman–Crippen MR) is 84.1 cm³/mol. The van der Waals surface area contributed by atoms with Gasteiger partial charge in [-0.3, -0.25) is 4.79 Å². The van der Waals surface area contributed by atoms with Crippen molar-refractivity contribution >= 4 is 17.6 Å². The molecule has 1 N–H and O–H groups in total. The number of hydrogen-bond donors (Lipinski definition) is 1. The van der Waals surface area contributed by atoms with Crippen molar-refractivity contribution in [1.29, 1.82) is 0 Å². The second-order valence-electron chi connectivity index (χ2n) is 6.25. The van der Waals surface area contributed by atoms with E-state index in [-0.39, 0.29) is 6.10 Å². The molecule has 2 saturated carbocycles. The summed E-state index contributed by atoms with van der Waals surface area (Å²) in [5.41, 5.74) is -0.239. The van der Waals surface area contributed by atoms with Crippen molar-refractivity contribution in [2.24, 2.45) is 0 Å². The van der Waals surface area contributed by atoms with Crippen LogP contribution in [0.1, 0.15) is 50.5 Å². The van der Waals surface area contributed by atoms with Gasteiger partial charge in [0.1, 0.15) is 0 Å². The van der Waals surface area contributed by atoms with Crippen LogP contribution in [-0.2, 0) is 10.2 Å². The van der Waals surface area contributed by atoms with Gasteiger partial charge in [-0.2, -0.15) is 0 Å². The van der Waals surface area contributed by atoms with Crippen molar-refractivity contribution in [3.05, 3.63) is 22.7 Å². The van der Waals surface area contributed by atoms with E-state index in [0.29, 0.717) is 34.9 Å². The molecule has 0 bridgehead atoms. The van der Waals surface area contributed by atoms with Crippen molar-refractivity contribution in [2.45, 2.75) is 56.5 Å². The average Bonchev–Trinajstić information content (AvgIpc) is 3.33. The van der Waals surface area contributed by atoms with Crippen molar-refractivity contribution in [2.75, 3.05) is 7.11 Å². The Labute approximate surface area is 135 Å². The fourth-order valence-electron chi connectivity index (χ4n) is 3.30. The fourth-order valence-corrected chi connectivity index (χ4v) is 3.51. The SMILES string of the molecule is COc1cc(Cl)cc(C2(C(=O)O)CCCCC2)c1OC1CC1. The molecule has 0 saturated heterocycles. The van der Waals surface area contributed by atoms with Crippen molar-refractivity contribution in [3.63, 3.8) is 0 Å². The molecule has 0 spiro atoms. The zero-order valence-electron chi connectivity index (χ0n) is 12.7. The average molecular weight is 325 g/mol. The van der Waals surface area contributed by atoms with E-state index in [4.69, 9.17) is 21.1 Å². The quantitative estimate of drug-likeness (QED) is 0.883. The molecule has 1 aromatic rings. The van der Waals surface area contributed by atoms with E-state index in [1.807, 2.05) is 0 Å². The third-order valence-electron chi connectivity index (χ3n) is 4.68. The number of rotatable bonds is 5. The predicted octanol–water partition coefficient (Wildman–Crippen LogP) is 4.18. The highest BCUT2D eigenvalue weighted by Gasteiger charge is 2.45. The molecule has 0 aromatic heterocycles.